The topological polar surface area (TPSA) is 78.1 Å². The summed E-state index contributed by atoms with van der Waals surface area (Å²) in [5, 5.41) is 3.03. The van der Waals surface area contributed by atoms with E-state index in [0.717, 1.165) is 62.0 Å². The molecule has 2 fully saturated rings. The highest BCUT2D eigenvalue weighted by Crippen LogP contribution is 2.31. The van der Waals surface area contributed by atoms with Crippen LogP contribution in [-0.4, -0.2) is 39.3 Å². The first-order valence-electron chi connectivity index (χ1n) is 11.4. The van der Waals surface area contributed by atoms with E-state index >= 15 is 0 Å². The molecule has 2 amide bonds. The van der Waals surface area contributed by atoms with E-state index in [-0.39, 0.29) is 42.1 Å². The predicted octanol–water partition coefficient (Wildman–Crippen LogP) is 4.35. The zero-order valence-corrected chi connectivity index (χ0v) is 18.1. The van der Waals surface area contributed by atoms with Crippen molar-refractivity contribution in [1.82, 2.24) is 20.2 Å². The summed E-state index contributed by atoms with van der Waals surface area (Å²) < 4.78 is 13.6. The number of piperidine rings is 1. The second kappa shape index (κ2) is 9.62. The lowest BCUT2D eigenvalue weighted by molar-refractivity contribution is -0.136. The molecule has 2 aromatic rings. The average molecular weight is 427 g/mol. The molecule has 1 saturated carbocycles. The largest absolute Gasteiger partial charge is 0.353 e. The number of halogens is 1. The van der Waals surface area contributed by atoms with Gasteiger partial charge in [0.25, 0.3) is 0 Å². The Morgan fingerprint density at radius 1 is 1.23 bits per heavy atom. The van der Waals surface area contributed by atoms with Gasteiger partial charge in [0.1, 0.15) is 11.6 Å². The van der Waals surface area contributed by atoms with Crippen LogP contribution >= 0.6 is 0 Å². The average Bonchev–Trinajstić information content (AvgIpc) is 3.46. The zero-order chi connectivity index (χ0) is 21.8. The standard InChI is InChI=1S/C24H31FN4O2/c1-16(27-24(31)17-7-2-3-8-17)13-22(30)29-12-5-4-11-21(29)23-26-15-20(28-23)18-9-6-10-19(25)14-18/h6,9-10,14-17,21H,2-5,7-8,11-13H2,1H3,(H,26,28)(H,27,31). The smallest absolute Gasteiger partial charge is 0.225 e. The Morgan fingerprint density at radius 2 is 2.00 bits per heavy atom. The van der Waals surface area contributed by atoms with Crippen molar-refractivity contribution in [3.8, 4) is 11.3 Å². The molecular formula is C24H31FN4O2. The Bertz CT molecular complexity index is 922. The summed E-state index contributed by atoms with van der Waals surface area (Å²) in [5.41, 5.74) is 1.47. The van der Waals surface area contributed by atoms with E-state index in [4.69, 9.17) is 0 Å². The molecule has 6 nitrogen and oxygen atoms in total. The molecule has 2 heterocycles. The first-order valence-corrected chi connectivity index (χ1v) is 11.4. The number of H-pyrrole nitrogens is 1. The Kier molecular flexibility index (Phi) is 6.68. The minimum absolute atomic E-state index is 0.0348. The highest BCUT2D eigenvalue weighted by Gasteiger charge is 2.31. The molecule has 2 atom stereocenters. The Labute approximate surface area is 182 Å². The van der Waals surface area contributed by atoms with E-state index in [0.29, 0.717) is 6.54 Å². The number of aromatic amines is 1. The summed E-state index contributed by atoms with van der Waals surface area (Å²) in [6.45, 7) is 2.58. The van der Waals surface area contributed by atoms with Crippen LogP contribution in [0.5, 0.6) is 0 Å². The van der Waals surface area contributed by atoms with Gasteiger partial charge >= 0.3 is 0 Å². The van der Waals surface area contributed by atoms with Crippen molar-refractivity contribution in [3.63, 3.8) is 0 Å². The molecule has 1 aromatic carbocycles. The fraction of sp³-hybridized carbons (Fsp3) is 0.542. The molecule has 2 N–H and O–H groups in total. The Balaban J connectivity index is 1.41. The van der Waals surface area contributed by atoms with Crippen molar-refractivity contribution in [2.75, 3.05) is 6.54 Å². The molecular weight excluding hydrogens is 395 g/mol. The number of benzene rings is 1. The first-order chi connectivity index (χ1) is 15.0. The number of aromatic nitrogens is 2. The quantitative estimate of drug-likeness (QED) is 0.721. The van der Waals surface area contributed by atoms with Crippen molar-refractivity contribution in [2.45, 2.75) is 70.4 Å². The Hall–Kier alpha value is -2.70. The van der Waals surface area contributed by atoms with Gasteiger partial charge in [-0.2, -0.15) is 0 Å². The number of rotatable bonds is 6. The van der Waals surface area contributed by atoms with Gasteiger partial charge < -0.3 is 15.2 Å². The van der Waals surface area contributed by atoms with Crippen LogP contribution in [0.25, 0.3) is 11.3 Å². The number of nitrogens with zero attached hydrogens (tertiary/aromatic N) is 2. The summed E-state index contributed by atoms with van der Waals surface area (Å²) in [4.78, 5) is 35.2. The van der Waals surface area contributed by atoms with Crippen molar-refractivity contribution in [1.29, 1.82) is 0 Å². The number of imidazole rings is 1. The zero-order valence-electron chi connectivity index (χ0n) is 18.1. The Morgan fingerprint density at radius 3 is 2.77 bits per heavy atom. The van der Waals surface area contributed by atoms with Crippen LogP contribution < -0.4 is 5.32 Å². The van der Waals surface area contributed by atoms with Gasteiger partial charge in [-0.1, -0.05) is 25.0 Å². The summed E-state index contributed by atoms with van der Waals surface area (Å²) in [5.74, 6) is 0.655. The van der Waals surface area contributed by atoms with Crippen LogP contribution in [0.2, 0.25) is 0 Å². The van der Waals surface area contributed by atoms with Gasteiger partial charge in [-0.25, -0.2) is 9.37 Å². The van der Waals surface area contributed by atoms with Crippen molar-refractivity contribution >= 4 is 11.8 Å². The number of carbonyl (C=O) groups is 2. The lowest BCUT2D eigenvalue weighted by Gasteiger charge is -2.35. The van der Waals surface area contributed by atoms with Crippen LogP contribution in [0, 0.1) is 11.7 Å². The molecule has 166 valence electrons. The fourth-order valence-electron chi connectivity index (χ4n) is 4.80. The van der Waals surface area contributed by atoms with Crippen LogP contribution in [0.15, 0.2) is 30.5 Å². The monoisotopic (exact) mass is 426 g/mol. The SMILES string of the molecule is CC(CC(=O)N1CCCCC1c1ncc(-c2cccc(F)c2)[nH]1)NC(=O)C1CCCC1. The molecule has 4 rings (SSSR count). The van der Waals surface area contributed by atoms with E-state index in [9.17, 15) is 14.0 Å². The fourth-order valence-corrected chi connectivity index (χ4v) is 4.80. The second-order valence-electron chi connectivity index (χ2n) is 8.89. The number of nitrogens with one attached hydrogen (secondary N) is 2. The highest BCUT2D eigenvalue weighted by molar-refractivity contribution is 5.81. The summed E-state index contributed by atoms with van der Waals surface area (Å²) in [7, 11) is 0. The van der Waals surface area contributed by atoms with Crippen molar-refractivity contribution in [2.24, 2.45) is 5.92 Å². The lowest BCUT2D eigenvalue weighted by Crippen LogP contribution is -2.44. The third-order valence-electron chi connectivity index (χ3n) is 6.47. The molecule has 0 spiro atoms. The predicted molar refractivity (Wildman–Crippen MR) is 116 cm³/mol. The summed E-state index contributed by atoms with van der Waals surface area (Å²) >= 11 is 0. The molecule has 1 aliphatic carbocycles. The van der Waals surface area contributed by atoms with E-state index in [1.165, 1.54) is 12.1 Å². The molecule has 0 bridgehead atoms. The lowest BCUT2D eigenvalue weighted by atomic mass is 10.00. The van der Waals surface area contributed by atoms with Gasteiger partial charge in [0, 0.05) is 30.5 Å². The van der Waals surface area contributed by atoms with Gasteiger partial charge in [-0.05, 0) is 51.2 Å². The van der Waals surface area contributed by atoms with Gasteiger partial charge in [-0.3, -0.25) is 9.59 Å². The van der Waals surface area contributed by atoms with E-state index in [2.05, 4.69) is 15.3 Å². The summed E-state index contributed by atoms with van der Waals surface area (Å²) in [6.07, 6.45) is 8.94. The maximum absolute atomic E-state index is 13.6. The van der Waals surface area contributed by atoms with Crippen LogP contribution in [0.3, 0.4) is 0 Å². The van der Waals surface area contributed by atoms with E-state index in [1.807, 2.05) is 17.9 Å². The number of hydrogen-bond acceptors (Lipinski definition) is 3. The third-order valence-corrected chi connectivity index (χ3v) is 6.47. The van der Waals surface area contributed by atoms with Crippen molar-refractivity contribution in [3.05, 3.63) is 42.1 Å². The highest BCUT2D eigenvalue weighted by atomic mass is 19.1. The van der Waals surface area contributed by atoms with Gasteiger partial charge in [0.05, 0.1) is 17.9 Å². The molecule has 2 unspecified atom stereocenters. The number of hydrogen-bond donors (Lipinski definition) is 2. The molecule has 31 heavy (non-hydrogen) atoms. The van der Waals surface area contributed by atoms with E-state index in [1.54, 1.807) is 12.3 Å². The van der Waals surface area contributed by atoms with Crippen LogP contribution in [0.1, 0.15) is 70.2 Å². The first kappa shape index (κ1) is 21.5. The molecule has 1 aromatic heterocycles. The minimum Gasteiger partial charge on any atom is -0.353 e. The second-order valence-corrected chi connectivity index (χ2v) is 8.89. The minimum atomic E-state index is -0.295. The number of amides is 2. The molecule has 7 heteroatoms. The molecule has 1 saturated heterocycles. The normalized spacial score (nSPS) is 20.6. The molecule has 0 radical (unpaired) electrons. The van der Waals surface area contributed by atoms with Gasteiger partial charge in [0.15, 0.2) is 0 Å². The van der Waals surface area contributed by atoms with Crippen LogP contribution in [-0.2, 0) is 9.59 Å². The molecule has 2 aliphatic rings. The maximum Gasteiger partial charge on any atom is 0.225 e. The number of carbonyl (C=O) groups excluding carboxylic acids is 2. The van der Waals surface area contributed by atoms with Crippen molar-refractivity contribution < 1.29 is 14.0 Å². The summed E-state index contributed by atoms with van der Waals surface area (Å²) in [6, 6.07) is 6.07. The van der Waals surface area contributed by atoms with E-state index < -0.39 is 0 Å². The number of likely N-dealkylation sites (tertiary alicyclic amines) is 1. The van der Waals surface area contributed by atoms with Gasteiger partial charge in [-0.15, -0.1) is 0 Å². The maximum atomic E-state index is 13.6. The van der Waals surface area contributed by atoms with Crippen LogP contribution in [0.4, 0.5) is 4.39 Å². The van der Waals surface area contributed by atoms with Gasteiger partial charge in [0.2, 0.25) is 11.8 Å². The third kappa shape index (κ3) is 5.14. The molecule has 1 aliphatic heterocycles.